The molecule has 230 valence electrons. The molecule has 3 aliphatic heterocycles. The predicted octanol–water partition coefficient (Wildman–Crippen LogP) is 3.16. The Labute approximate surface area is 239 Å². The molecule has 0 aromatic rings. The van der Waals surface area contributed by atoms with Crippen LogP contribution in [-0.4, -0.2) is 74.0 Å². The monoisotopic (exact) mass is 598 g/mol. The van der Waals surface area contributed by atoms with Crippen molar-refractivity contribution >= 4 is 29.7 Å². The summed E-state index contributed by atoms with van der Waals surface area (Å²) in [4.78, 5) is 64.8. The number of carbonyl (C=O) groups excluding carboxylic acids is 5. The van der Waals surface area contributed by atoms with Gasteiger partial charge in [-0.1, -0.05) is 13.8 Å². The first-order valence-electron chi connectivity index (χ1n) is 13.9. The summed E-state index contributed by atoms with van der Waals surface area (Å²) in [5.74, 6) is -6.17. The molecule has 0 amide bonds. The molecule has 0 aromatic carbocycles. The minimum absolute atomic E-state index is 0.0324. The Hall–Kier alpha value is -3.22. The number of methoxy groups -OCH3 is 1. The molecular weight excluding hydrogens is 565 g/mol. The molecule has 0 N–H and O–H groups in total. The normalized spacial score (nSPS) is 39.1. The highest BCUT2D eigenvalue weighted by molar-refractivity contribution is 5.94. The zero-order valence-corrected chi connectivity index (χ0v) is 23.9. The van der Waals surface area contributed by atoms with E-state index in [-0.39, 0.29) is 31.4 Å². The van der Waals surface area contributed by atoms with Crippen LogP contribution in [0.2, 0.25) is 0 Å². The lowest BCUT2D eigenvalue weighted by atomic mass is 9.43. The van der Waals surface area contributed by atoms with Crippen LogP contribution in [0.25, 0.3) is 0 Å². The molecule has 0 radical (unpaired) electrons. The number of ketones is 1. The average molecular weight is 599 g/mol. The third-order valence-electron chi connectivity index (χ3n) is 9.84. The highest BCUT2D eigenvalue weighted by Crippen LogP contribution is 2.65. The van der Waals surface area contributed by atoms with Gasteiger partial charge >= 0.3 is 30.1 Å². The summed E-state index contributed by atoms with van der Waals surface area (Å²) in [6.07, 6.45) is -8.62. The zero-order chi connectivity index (χ0) is 30.9. The fraction of sp³-hybridized carbons (Fsp3) is 0.690. The molecule has 0 spiro atoms. The second kappa shape index (κ2) is 10.2. The van der Waals surface area contributed by atoms with Gasteiger partial charge in [-0.15, -0.1) is 0 Å². The summed E-state index contributed by atoms with van der Waals surface area (Å²) in [5.41, 5.74) is -3.96. The molecule has 0 aromatic heterocycles. The van der Waals surface area contributed by atoms with Crippen LogP contribution >= 0.6 is 0 Å². The first-order chi connectivity index (χ1) is 19.6. The molecule has 3 heterocycles. The van der Waals surface area contributed by atoms with Crippen LogP contribution in [0, 0.1) is 28.6 Å². The second-order valence-corrected chi connectivity index (χ2v) is 12.1. The third kappa shape index (κ3) is 4.46. The van der Waals surface area contributed by atoms with Gasteiger partial charge in [0.2, 0.25) is 0 Å². The fourth-order valence-corrected chi connectivity index (χ4v) is 8.23. The summed E-state index contributed by atoms with van der Waals surface area (Å²) in [6, 6.07) is 0. The smallest absolute Gasteiger partial charge is 0.416 e. The van der Waals surface area contributed by atoms with Crippen molar-refractivity contribution in [2.45, 2.75) is 84.0 Å². The quantitative estimate of drug-likeness (QED) is 0.264. The number of halogens is 3. The molecule has 2 unspecified atom stereocenters. The largest absolute Gasteiger partial charge is 0.469 e. The average Bonchev–Trinajstić information content (AvgIpc) is 3.48. The van der Waals surface area contributed by atoms with Gasteiger partial charge in [0, 0.05) is 24.8 Å². The Kier molecular flexibility index (Phi) is 7.35. The number of rotatable bonds is 5. The van der Waals surface area contributed by atoms with E-state index in [0.29, 0.717) is 6.42 Å². The van der Waals surface area contributed by atoms with E-state index in [9.17, 15) is 37.1 Å². The minimum atomic E-state index is -4.93. The first-order valence-corrected chi connectivity index (χ1v) is 13.9. The van der Waals surface area contributed by atoms with Gasteiger partial charge in [0.15, 0.2) is 11.9 Å². The number of ether oxygens (including phenoxy) is 5. The van der Waals surface area contributed by atoms with E-state index >= 15 is 0 Å². The topological polar surface area (TPSA) is 132 Å². The Bertz CT molecular complexity index is 1300. The van der Waals surface area contributed by atoms with Crippen LogP contribution < -0.4 is 0 Å². The van der Waals surface area contributed by atoms with E-state index < -0.39 is 100.0 Å². The lowest BCUT2D eigenvalue weighted by molar-refractivity contribution is -0.208. The van der Waals surface area contributed by atoms with E-state index in [1.54, 1.807) is 13.8 Å². The van der Waals surface area contributed by atoms with E-state index in [1.807, 2.05) is 0 Å². The van der Waals surface area contributed by atoms with Gasteiger partial charge in [0.25, 0.3) is 0 Å². The molecular formula is C29H33F3O10. The highest BCUT2D eigenvalue weighted by atomic mass is 19.4. The lowest BCUT2D eigenvalue weighted by Crippen LogP contribution is -2.65. The number of Topliss-reactive ketones (excluding diaryl/α,β-unsaturated/α-hetero) is 1. The molecule has 13 heteroatoms. The number of alkyl halides is 3. The van der Waals surface area contributed by atoms with E-state index in [2.05, 4.69) is 0 Å². The number of cyclic esters (lactones) is 1. The summed E-state index contributed by atoms with van der Waals surface area (Å²) in [6.45, 7) is 5.96. The predicted molar refractivity (Wildman–Crippen MR) is 134 cm³/mol. The molecule has 1 saturated heterocycles. The van der Waals surface area contributed by atoms with Crippen molar-refractivity contribution in [1.29, 1.82) is 0 Å². The zero-order valence-electron chi connectivity index (χ0n) is 23.9. The van der Waals surface area contributed by atoms with Crippen LogP contribution in [0.5, 0.6) is 0 Å². The third-order valence-corrected chi connectivity index (χ3v) is 9.84. The summed E-state index contributed by atoms with van der Waals surface area (Å²) in [5, 5.41) is 0. The van der Waals surface area contributed by atoms with Crippen LogP contribution in [0.15, 0.2) is 22.8 Å². The Balaban J connectivity index is 1.54. The van der Waals surface area contributed by atoms with Gasteiger partial charge in [0.1, 0.15) is 18.3 Å². The standard InChI is InChI=1S/C29H33F3O10/c1-6-39-26(37)19-16-9-13(22(41-16)20(19)29(30,31)32)18-11-28(4)14(25(36)42-18)7-8-27(3)15(24(35)38-5)10-17(40-12(2)33)21(34)23(27)28/h9,14-18,22-23H,6-8,10-11H2,1-5H3/t14-,15-,16?,17-,18-,22?,23-,27-,28-/m0/s1. The van der Waals surface area contributed by atoms with Crippen LogP contribution in [0.4, 0.5) is 13.2 Å². The van der Waals surface area contributed by atoms with Crippen molar-refractivity contribution in [2.75, 3.05) is 13.7 Å². The Morgan fingerprint density at radius 1 is 1.14 bits per heavy atom. The van der Waals surface area contributed by atoms with Crippen LogP contribution in [0.1, 0.15) is 53.4 Å². The van der Waals surface area contributed by atoms with Gasteiger partial charge < -0.3 is 23.7 Å². The molecule has 10 nitrogen and oxygen atoms in total. The Morgan fingerprint density at radius 3 is 2.43 bits per heavy atom. The highest BCUT2D eigenvalue weighted by Gasteiger charge is 2.68. The van der Waals surface area contributed by atoms with Gasteiger partial charge in [0.05, 0.1) is 36.7 Å². The minimum Gasteiger partial charge on any atom is -0.469 e. The molecule has 3 fully saturated rings. The van der Waals surface area contributed by atoms with Crippen molar-refractivity contribution in [3.05, 3.63) is 22.8 Å². The molecule has 9 atom stereocenters. The maximum Gasteiger partial charge on any atom is 0.416 e. The van der Waals surface area contributed by atoms with E-state index in [0.717, 1.165) is 6.92 Å². The van der Waals surface area contributed by atoms with Crippen molar-refractivity contribution in [1.82, 2.24) is 0 Å². The van der Waals surface area contributed by atoms with Crippen molar-refractivity contribution in [3.8, 4) is 0 Å². The van der Waals surface area contributed by atoms with Crippen molar-refractivity contribution in [3.63, 3.8) is 0 Å². The van der Waals surface area contributed by atoms with Crippen molar-refractivity contribution in [2.24, 2.45) is 28.6 Å². The van der Waals surface area contributed by atoms with Gasteiger partial charge in [-0.25, -0.2) is 4.79 Å². The molecule has 42 heavy (non-hydrogen) atoms. The second-order valence-electron chi connectivity index (χ2n) is 12.1. The lowest BCUT2D eigenvalue weighted by Gasteiger charge is -2.61. The maximum absolute atomic E-state index is 14.2. The number of carbonyl (C=O) groups is 5. The summed E-state index contributed by atoms with van der Waals surface area (Å²) < 4.78 is 69.2. The number of hydrogen-bond donors (Lipinski definition) is 0. The van der Waals surface area contributed by atoms with Gasteiger partial charge in [-0.2, -0.15) is 13.2 Å². The maximum atomic E-state index is 14.2. The number of hydrogen-bond acceptors (Lipinski definition) is 10. The number of fused-ring (bicyclic) bond motifs is 5. The molecule has 2 saturated carbocycles. The molecule has 5 aliphatic rings. The SMILES string of the molecule is CCOC(=O)C1=C(C(F)(F)F)C2OC1C=C2[C@@H]1C[C@]2(C)[C@H]3C(=O)[C@@H](OC(C)=O)C[C@@H](C(=O)OC)[C@]3(C)CC[C@H]2C(=O)O1. The van der Waals surface area contributed by atoms with Gasteiger partial charge in [-0.05, 0) is 43.1 Å². The molecule has 5 rings (SSSR count). The summed E-state index contributed by atoms with van der Waals surface area (Å²) >= 11 is 0. The molecule has 2 aliphatic carbocycles. The van der Waals surface area contributed by atoms with Crippen LogP contribution in [0.3, 0.4) is 0 Å². The fourth-order valence-electron chi connectivity index (χ4n) is 8.23. The van der Waals surface area contributed by atoms with E-state index in [1.165, 1.54) is 20.1 Å². The Morgan fingerprint density at radius 2 is 1.83 bits per heavy atom. The van der Waals surface area contributed by atoms with Gasteiger partial charge in [-0.3, -0.25) is 19.2 Å². The summed E-state index contributed by atoms with van der Waals surface area (Å²) in [7, 11) is 1.22. The number of esters is 4. The van der Waals surface area contributed by atoms with Crippen LogP contribution in [-0.2, 0) is 47.7 Å². The van der Waals surface area contributed by atoms with E-state index in [4.69, 9.17) is 23.7 Å². The first kappa shape index (κ1) is 30.2. The van der Waals surface area contributed by atoms with Crippen molar-refractivity contribution < 1.29 is 60.8 Å². The molecule has 2 bridgehead atoms.